The lowest BCUT2D eigenvalue weighted by Gasteiger charge is -2.13. The Balaban J connectivity index is 2.38. The van der Waals surface area contributed by atoms with E-state index in [1.807, 2.05) is 13.8 Å². The van der Waals surface area contributed by atoms with Crippen molar-refractivity contribution in [3.63, 3.8) is 0 Å². The molecule has 3 N–H and O–H groups in total. The molecule has 0 aromatic carbocycles. The number of rotatable bonds is 3. The molecule has 0 heterocycles. The number of carbonyl (C=O) groups is 1. The van der Waals surface area contributed by atoms with Gasteiger partial charge in [-0.2, -0.15) is 0 Å². The summed E-state index contributed by atoms with van der Waals surface area (Å²) in [5, 5.41) is 21.3. The summed E-state index contributed by atoms with van der Waals surface area (Å²) in [5.74, 6) is -0.0893. The molecule has 3 atom stereocenters. The van der Waals surface area contributed by atoms with E-state index in [9.17, 15) is 9.90 Å². The summed E-state index contributed by atoms with van der Waals surface area (Å²) in [7, 11) is 0. The predicted octanol–water partition coefficient (Wildman–Crippen LogP) is -0.110. The van der Waals surface area contributed by atoms with Crippen LogP contribution in [0.2, 0.25) is 0 Å². The molecular weight excluding hydrogens is 182 g/mol. The van der Waals surface area contributed by atoms with Gasteiger partial charge in [-0.25, -0.2) is 0 Å². The second-order valence-electron chi connectivity index (χ2n) is 4.34. The summed E-state index contributed by atoms with van der Waals surface area (Å²) >= 11 is 0. The van der Waals surface area contributed by atoms with E-state index in [-0.39, 0.29) is 30.4 Å². The molecule has 1 rings (SSSR count). The van der Waals surface area contributed by atoms with Crippen molar-refractivity contribution in [3.8, 4) is 0 Å². The van der Waals surface area contributed by atoms with Crippen molar-refractivity contribution in [2.75, 3.05) is 6.61 Å². The molecule has 3 unspecified atom stereocenters. The van der Waals surface area contributed by atoms with E-state index < -0.39 is 6.10 Å². The molecule has 1 aliphatic carbocycles. The first-order valence-corrected chi connectivity index (χ1v) is 5.14. The van der Waals surface area contributed by atoms with Crippen LogP contribution in [-0.4, -0.2) is 34.9 Å². The number of hydrogen-bond acceptors (Lipinski definition) is 3. The van der Waals surface area contributed by atoms with Crippen molar-refractivity contribution in [1.82, 2.24) is 5.32 Å². The number of amides is 1. The third-order valence-corrected chi connectivity index (χ3v) is 2.76. The van der Waals surface area contributed by atoms with E-state index in [0.29, 0.717) is 12.8 Å². The molecule has 0 aliphatic heterocycles. The zero-order chi connectivity index (χ0) is 10.7. The molecule has 14 heavy (non-hydrogen) atoms. The highest BCUT2D eigenvalue weighted by atomic mass is 16.3. The maximum absolute atomic E-state index is 11.3. The van der Waals surface area contributed by atoms with E-state index >= 15 is 0 Å². The minimum Gasteiger partial charge on any atom is -0.396 e. The molecule has 1 aliphatic rings. The van der Waals surface area contributed by atoms with Crippen LogP contribution in [0.3, 0.4) is 0 Å². The van der Waals surface area contributed by atoms with Crippen molar-refractivity contribution < 1.29 is 15.0 Å². The van der Waals surface area contributed by atoms with Gasteiger partial charge in [-0.15, -0.1) is 0 Å². The first-order valence-electron chi connectivity index (χ1n) is 5.14. The van der Waals surface area contributed by atoms with Crippen LogP contribution >= 0.6 is 0 Å². The average Bonchev–Trinajstić information content (AvgIpc) is 2.45. The zero-order valence-corrected chi connectivity index (χ0v) is 8.73. The zero-order valence-electron chi connectivity index (χ0n) is 8.73. The molecule has 0 saturated heterocycles. The normalized spacial score (nSPS) is 32.2. The van der Waals surface area contributed by atoms with Gasteiger partial charge >= 0.3 is 0 Å². The fraction of sp³-hybridized carbons (Fsp3) is 0.900. The third kappa shape index (κ3) is 2.69. The first kappa shape index (κ1) is 11.5. The molecule has 1 fully saturated rings. The minimum absolute atomic E-state index is 0.00475. The summed E-state index contributed by atoms with van der Waals surface area (Å²) in [6.07, 6.45) is 0.761. The largest absolute Gasteiger partial charge is 0.396 e. The highest BCUT2D eigenvalue weighted by Crippen LogP contribution is 2.25. The minimum atomic E-state index is -0.475. The molecule has 1 saturated carbocycles. The highest BCUT2D eigenvalue weighted by molar-refractivity contribution is 5.78. The molecule has 1 amide bonds. The molecule has 82 valence electrons. The summed E-state index contributed by atoms with van der Waals surface area (Å²) in [6, 6.07) is 0.0250. The van der Waals surface area contributed by atoms with Crippen LogP contribution in [0, 0.1) is 11.8 Å². The van der Waals surface area contributed by atoms with Crippen LogP contribution in [-0.2, 0) is 4.79 Å². The molecule has 0 aromatic heterocycles. The fourth-order valence-electron chi connectivity index (χ4n) is 1.78. The van der Waals surface area contributed by atoms with E-state index in [0.717, 1.165) is 0 Å². The van der Waals surface area contributed by atoms with E-state index in [4.69, 9.17) is 5.11 Å². The highest BCUT2D eigenvalue weighted by Gasteiger charge is 2.33. The Bertz CT molecular complexity index is 206. The molecule has 4 heteroatoms. The smallest absolute Gasteiger partial charge is 0.222 e. The summed E-state index contributed by atoms with van der Waals surface area (Å²) < 4.78 is 0. The van der Waals surface area contributed by atoms with Crippen molar-refractivity contribution >= 4 is 5.91 Å². The fourth-order valence-corrected chi connectivity index (χ4v) is 1.78. The third-order valence-electron chi connectivity index (χ3n) is 2.76. The van der Waals surface area contributed by atoms with Gasteiger partial charge in [-0.05, 0) is 12.8 Å². The second-order valence-corrected chi connectivity index (χ2v) is 4.34. The Morgan fingerprint density at radius 1 is 1.50 bits per heavy atom. The lowest BCUT2D eigenvalue weighted by atomic mass is 10.1. The van der Waals surface area contributed by atoms with E-state index in [1.165, 1.54) is 0 Å². The van der Waals surface area contributed by atoms with Gasteiger partial charge in [0.2, 0.25) is 5.91 Å². The quantitative estimate of drug-likeness (QED) is 0.596. The van der Waals surface area contributed by atoms with Gasteiger partial charge in [0, 0.05) is 24.5 Å². The van der Waals surface area contributed by atoms with Crippen LogP contribution < -0.4 is 5.32 Å². The predicted molar refractivity (Wildman–Crippen MR) is 52.6 cm³/mol. The summed E-state index contributed by atoms with van der Waals surface area (Å²) in [4.78, 5) is 11.3. The van der Waals surface area contributed by atoms with Crippen LogP contribution in [0.5, 0.6) is 0 Å². The van der Waals surface area contributed by atoms with Gasteiger partial charge < -0.3 is 15.5 Å². The summed E-state index contributed by atoms with van der Waals surface area (Å²) in [6.45, 7) is 3.67. The van der Waals surface area contributed by atoms with Crippen LogP contribution in [0.15, 0.2) is 0 Å². The van der Waals surface area contributed by atoms with Gasteiger partial charge in [0.15, 0.2) is 0 Å². The van der Waals surface area contributed by atoms with Gasteiger partial charge in [-0.1, -0.05) is 13.8 Å². The van der Waals surface area contributed by atoms with Gasteiger partial charge in [-0.3, -0.25) is 4.79 Å². The maximum Gasteiger partial charge on any atom is 0.222 e. The van der Waals surface area contributed by atoms with Crippen LogP contribution in [0.1, 0.15) is 26.7 Å². The Kier molecular flexibility index (Phi) is 3.89. The number of carbonyl (C=O) groups excluding carboxylic acids is 1. The van der Waals surface area contributed by atoms with Crippen LogP contribution in [0.4, 0.5) is 0 Å². The van der Waals surface area contributed by atoms with Crippen molar-refractivity contribution in [2.24, 2.45) is 11.8 Å². The SMILES string of the molecule is CC(C)C(=O)NC1CC(O)C(CO)C1. The van der Waals surface area contributed by atoms with Crippen molar-refractivity contribution in [3.05, 3.63) is 0 Å². The number of nitrogens with one attached hydrogen (secondary N) is 1. The first-order chi connectivity index (χ1) is 6.54. The number of aliphatic hydroxyl groups is 2. The topological polar surface area (TPSA) is 69.6 Å². The molecule has 0 radical (unpaired) electrons. The molecule has 0 spiro atoms. The van der Waals surface area contributed by atoms with Crippen molar-refractivity contribution in [1.29, 1.82) is 0 Å². The van der Waals surface area contributed by atoms with Gasteiger partial charge in [0.05, 0.1) is 6.10 Å². The number of aliphatic hydroxyl groups excluding tert-OH is 2. The lowest BCUT2D eigenvalue weighted by molar-refractivity contribution is -0.124. The van der Waals surface area contributed by atoms with Gasteiger partial charge in [0.1, 0.15) is 0 Å². The second kappa shape index (κ2) is 4.75. The number of hydrogen-bond donors (Lipinski definition) is 3. The molecule has 4 nitrogen and oxygen atoms in total. The van der Waals surface area contributed by atoms with Crippen LogP contribution in [0.25, 0.3) is 0 Å². The average molecular weight is 201 g/mol. The Hall–Kier alpha value is -0.610. The maximum atomic E-state index is 11.3. The monoisotopic (exact) mass is 201 g/mol. The molecule has 0 bridgehead atoms. The Morgan fingerprint density at radius 2 is 2.14 bits per heavy atom. The molecule has 0 aromatic rings. The standard InChI is InChI=1S/C10H19NO3/c1-6(2)10(14)11-8-3-7(5-12)9(13)4-8/h6-9,12-13H,3-5H2,1-2H3,(H,11,14). The van der Waals surface area contributed by atoms with E-state index in [2.05, 4.69) is 5.32 Å². The Labute approximate surface area is 84.3 Å². The van der Waals surface area contributed by atoms with E-state index in [1.54, 1.807) is 0 Å². The Morgan fingerprint density at radius 3 is 2.57 bits per heavy atom. The molecular formula is C10H19NO3. The lowest BCUT2D eigenvalue weighted by Crippen LogP contribution is -2.36. The summed E-state index contributed by atoms with van der Waals surface area (Å²) in [5.41, 5.74) is 0. The van der Waals surface area contributed by atoms with Gasteiger partial charge in [0.25, 0.3) is 0 Å². The van der Waals surface area contributed by atoms with Crippen molar-refractivity contribution in [2.45, 2.75) is 38.8 Å².